The molecule has 2 aliphatic rings. The van der Waals surface area contributed by atoms with Crippen LogP contribution in [0.4, 0.5) is 8.78 Å². The minimum absolute atomic E-state index is 0.0623. The van der Waals surface area contributed by atoms with E-state index in [2.05, 4.69) is 40.4 Å². The predicted molar refractivity (Wildman–Crippen MR) is 226 cm³/mol. The topological polar surface area (TPSA) is 204 Å². The summed E-state index contributed by atoms with van der Waals surface area (Å²) in [7, 11) is 1.37. The molecule has 18 nitrogen and oxygen atoms in total. The first-order chi connectivity index (χ1) is 31.3. The molecule has 4 heterocycles. The highest BCUT2D eigenvalue weighted by Gasteiger charge is 2.26. The first kappa shape index (κ1) is 44.4. The maximum atomic E-state index is 15.1. The van der Waals surface area contributed by atoms with Gasteiger partial charge in [-0.2, -0.15) is 28.7 Å². The molecular weight excluding hydrogens is 885 g/mol. The number of halogens is 4. The van der Waals surface area contributed by atoms with Gasteiger partial charge < -0.3 is 48.0 Å². The van der Waals surface area contributed by atoms with Crippen molar-refractivity contribution in [2.45, 2.75) is 0 Å². The Morgan fingerprint density at radius 3 is 1.38 bits per heavy atom. The summed E-state index contributed by atoms with van der Waals surface area (Å²) in [6, 6.07) is 26.5. The third-order valence-corrected chi connectivity index (χ3v) is 8.80. The fraction of sp³-hybridized carbons (Fsp3) is 0.143. The van der Waals surface area contributed by atoms with Crippen LogP contribution < -0.4 is 18.9 Å². The molecule has 4 aromatic carbocycles. The molecule has 2 aromatic heterocycles. The molecule has 0 spiro atoms. The Balaban J connectivity index is 0.000000191. The summed E-state index contributed by atoms with van der Waals surface area (Å²) in [5.74, 6) is -2.30. The lowest BCUT2D eigenvalue weighted by Gasteiger charge is -2.17. The van der Waals surface area contributed by atoms with Crippen molar-refractivity contribution in [3.8, 4) is 46.5 Å². The van der Waals surface area contributed by atoms with E-state index in [1.807, 2.05) is 0 Å². The van der Waals surface area contributed by atoms with Crippen molar-refractivity contribution in [2.75, 3.05) is 40.3 Å². The average molecular weight is 918 g/mol. The molecule has 0 fully saturated rings. The summed E-state index contributed by atoms with van der Waals surface area (Å²) in [6.07, 6.45) is 2.21. The third kappa shape index (κ3) is 11.0. The molecule has 0 aliphatic carbocycles. The number of ether oxygens (including phenoxy) is 6. The summed E-state index contributed by atoms with van der Waals surface area (Å²) in [5.41, 5.74) is 1.15. The number of oxime groups is 3. The van der Waals surface area contributed by atoms with E-state index in [4.69, 9.17) is 66.1 Å². The van der Waals surface area contributed by atoms with Crippen LogP contribution in [-0.4, -0.2) is 88.5 Å². The van der Waals surface area contributed by atoms with E-state index < -0.39 is 18.4 Å². The van der Waals surface area contributed by atoms with Gasteiger partial charge in [0.2, 0.25) is 11.6 Å². The molecule has 0 unspecified atom stereocenters. The van der Waals surface area contributed by atoms with E-state index in [0.717, 1.165) is 12.7 Å². The van der Waals surface area contributed by atoms with Gasteiger partial charge in [-0.05, 0) is 58.8 Å². The molecule has 0 saturated heterocycles. The van der Waals surface area contributed by atoms with E-state index in [9.17, 15) is 5.11 Å². The fourth-order valence-corrected chi connectivity index (χ4v) is 5.75. The van der Waals surface area contributed by atoms with E-state index in [-0.39, 0.29) is 89.6 Å². The average Bonchev–Trinajstić information content (AvgIpc) is 3.33. The summed E-state index contributed by atoms with van der Waals surface area (Å²) in [4.78, 5) is 34.4. The van der Waals surface area contributed by atoms with Gasteiger partial charge in [0, 0.05) is 5.56 Å². The second kappa shape index (κ2) is 21.9. The highest BCUT2D eigenvalue weighted by Crippen LogP contribution is 2.36. The summed E-state index contributed by atoms with van der Waals surface area (Å²) in [5, 5.41) is 21.6. The lowest BCUT2D eigenvalue weighted by molar-refractivity contribution is 0.0672. The second-order valence-electron chi connectivity index (χ2n) is 12.3. The molecular formula is C42H32Cl2F2N8O10. The zero-order valence-electron chi connectivity index (χ0n) is 33.1. The molecule has 328 valence electrons. The van der Waals surface area contributed by atoms with Gasteiger partial charge in [0.15, 0.2) is 18.9 Å². The number of aromatic nitrogens is 4. The van der Waals surface area contributed by atoms with Crippen molar-refractivity contribution >= 4 is 46.4 Å². The summed E-state index contributed by atoms with van der Waals surface area (Å²) >= 11 is 12.1. The van der Waals surface area contributed by atoms with Crippen molar-refractivity contribution in [3.05, 3.63) is 143 Å². The van der Waals surface area contributed by atoms with Gasteiger partial charge in [0.05, 0.1) is 15.6 Å². The maximum absolute atomic E-state index is 15.1. The molecule has 0 bridgehead atoms. The zero-order chi connectivity index (χ0) is 44.7. The van der Waals surface area contributed by atoms with Gasteiger partial charge >= 0.3 is 0 Å². The molecule has 0 amide bonds. The molecule has 22 heteroatoms. The Labute approximate surface area is 371 Å². The molecule has 2 aliphatic heterocycles. The van der Waals surface area contributed by atoms with Crippen LogP contribution in [0.25, 0.3) is 0 Å². The first-order valence-electron chi connectivity index (χ1n) is 18.7. The largest absolute Gasteiger partial charge is 0.470 e. The van der Waals surface area contributed by atoms with E-state index in [0.29, 0.717) is 27.8 Å². The normalized spacial score (nSPS) is 13.5. The molecule has 0 saturated carbocycles. The second-order valence-corrected chi connectivity index (χ2v) is 13.1. The fourth-order valence-electron chi connectivity index (χ4n) is 5.40. The molecule has 6 aromatic rings. The molecule has 0 atom stereocenters. The standard InChI is InChI=1S/2C21H16ClFN4O5/c1-28-26-18(21-27-30-11-10-29-21)13-6-2-4-8-15(13)31-19-17(23)20(25-12-24-19)32-16-9-5-3-7-14(16)22;22-14-6-2-4-8-16(14)32-20-17(23)19(24-11-25-20)31-15-7-3-1-5-13(15)18(26-12-28)21-27-30-10-9-29-21/h2-9,12H,10-11H2,1H3;1-8,11,28H,9-10,12H2/b26-18-;. The third-order valence-electron chi connectivity index (χ3n) is 8.17. The number of para-hydroxylation sites is 4. The quantitative estimate of drug-likeness (QED) is 0.0804. The molecule has 1 N–H and O–H groups in total. The Hall–Kier alpha value is -7.68. The van der Waals surface area contributed by atoms with Gasteiger partial charge in [-0.1, -0.05) is 76.9 Å². The number of aliphatic hydroxyl groups is 1. The minimum atomic E-state index is -0.933. The number of aliphatic hydroxyl groups excluding tert-OH is 1. The summed E-state index contributed by atoms with van der Waals surface area (Å²) in [6.45, 7) is 0.601. The van der Waals surface area contributed by atoms with E-state index in [1.54, 1.807) is 97.1 Å². The Bertz CT molecular complexity index is 2530. The van der Waals surface area contributed by atoms with Crippen molar-refractivity contribution in [1.82, 2.24) is 19.9 Å². The number of rotatable bonds is 14. The predicted octanol–water partition coefficient (Wildman–Crippen LogP) is 8.52. The molecule has 0 radical (unpaired) electrons. The Morgan fingerprint density at radius 1 is 0.578 bits per heavy atom. The smallest absolute Gasteiger partial charge is 0.280 e. The van der Waals surface area contributed by atoms with Crippen LogP contribution in [0.15, 0.2) is 130 Å². The number of aliphatic imine (C=N–C) groups is 1. The van der Waals surface area contributed by atoms with Gasteiger partial charge in [0.1, 0.15) is 68.4 Å². The summed E-state index contributed by atoms with van der Waals surface area (Å²) < 4.78 is 63.5. The van der Waals surface area contributed by atoms with Crippen LogP contribution >= 0.6 is 23.2 Å². The van der Waals surface area contributed by atoms with E-state index in [1.165, 1.54) is 7.11 Å². The Kier molecular flexibility index (Phi) is 15.2. The van der Waals surface area contributed by atoms with Crippen molar-refractivity contribution in [3.63, 3.8) is 0 Å². The highest BCUT2D eigenvalue weighted by molar-refractivity contribution is 6.46. The van der Waals surface area contributed by atoms with Crippen LogP contribution in [0.5, 0.6) is 46.5 Å². The number of hydrogen-bond donors (Lipinski definition) is 1. The minimum Gasteiger partial charge on any atom is -0.470 e. The zero-order valence-corrected chi connectivity index (χ0v) is 34.7. The maximum Gasteiger partial charge on any atom is 0.280 e. The Morgan fingerprint density at radius 2 is 0.969 bits per heavy atom. The van der Waals surface area contributed by atoms with Crippen LogP contribution in [0.2, 0.25) is 10.0 Å². The van der Waals surface area contributed by atoms with Gasteiger partial charge in [-0.15, -0.1) is 0 Å². The number of benzene rings is 4. The lowest BCUT2D eigenvalue weighted by atomic mass is 10.1. The highest BCUT2D eigenvalue weighted by atomic mass is 35.5. The van der Waals surface area contributed by atoms with Crippen LogP contribution in [0.3, 0.4) is 0 Å². The van der Waals surface area contributed by atoms with Gasteiger partial charge in [-0.25, -0.2) is 0 Å². The number of nitrogens with zero attached hydrogens (tertiary/aromatic N) is 8. The number of hydrogen-bond acceptors (Lipinski definition) is 18. The lowest BCUT2D eigenvalue weighted by Crippen LogP contribution is -2.26. The monoisotopic (exact) mass is 916 g/mol. The molecule has 64 heavy (non-hydrogen) atoms. The van der Waals surface area contributed by atoms with Gasteiger partial charge in [0.25, 0.3) is 35.3 Å². The van der Waals surface area contributed by atoms with Crippen molar-refractivity contribution in [2.24, 2.45) is 20.5 Å². The van der Waals surface area contributed by atoms with Gasteiger partial charge in [-0.3, -0.25) is 4.99 Å². The van der Waals surface area contributed by atoms with Crippen LogP contribution in [0, 0.1) is 11.6 Å². The van der Waals surface area contributed by atoms with Crippen LogP contribution in [0.1, 0.15) is 11.1 Å². The van der Waals surface area contributed by atoms with E-state index >= 15 is 8.78 Å². The first-order valence-corrected chi connectivity index (χ1v) is 19.4. The molecule has 8 rings (SSSR count). The van der Waals surface area contributed by atoms with Crippen LogP contribution in [-0.2, 0) is 24.0 Å². The van der Waals surface area contributed by atoms with Crippen molar-refractivity contribution < 1.29 is 56.8 Å². The van der Waals surface area contributed by atoms with Crippen molar-refractivity contribution in [1.29, 1.82) is 0 Å². The SMILES string of the molecule is CO/N=C(\C1=NOCCO1)c1ccccc1Oc1ncnc(Oc2ccccc2Cl)c1F.OCN=C(C1=NOCCO1)c1ccccc1Oc1ncnc(Oc2ccccc2Cl)c1F.